The average Bonchev–Trinajstić information content (AvgIpc) is 2.53. The second kappa shape index (κ2) is 9.75. The molecule has 0 bridgehead atoms. The maximum absolute atomic E-state index is 12.7. The number of hydrogen-bond acceptors (Lipinski definition) is 3. The molecule has 5 nitrogen and oxygen atoms in total. The van der Waals surface area contributed by atoms with Crippen molar-refractivity contribution in [1.29, 1.82) is 0 Å². The van der Waals surface area contributed by atoms with E-state index in [1.165, 1.54) is 0 Å². The molecule has 1 aliphatic heterocycles. The molecule has 0 saturated carbocycles. The Bertz CT molecular complexity index is 540. The molecule has 1 atom stereocenters. The maximum atomic E-state index is 12.7. The molecule has 23 heavy (non-hydrogen) atoms. The standard InChI is InChI=1S/C16H22ClN3O2.ClH/c17-14-7-2-1-6-13(14)16(22)20-10-4-3-5-12(20)11-19-15(21)8-9-18;/h1-2,6-7,12H,3-5,8-11,18H2,(H,19,21);1H. The van der Waals surface area contributed by atoms with Crippen LogP contribution >= 0.6 is 24.0 Å². The number of carbonyl (C=O) groups excluding carboxylic acids is 2. The highest BCUT2D eigenvalue weighted by molar-refractivity contribution is 6.33. The third-order valence-electron chi connectivity index (χ3n) is 3.90. The molecule has 2 amide bonds. The number of rotatable bonds is 5. The SMILES string of the molecule is Cl.NCCC(=O)NCC1CCCCN1C(=O)c1ccccc1Cl. The van der Waals surface area contributed by atoms with E-state index in [9.17, 15) is 9.59 Å². The second-order valence-electron chi connectivity index (χ2n) is 5.47. The first-order valence-electron chi connectivity index (χ1n) is 7.65. The van der Waals surface area contributed by atoms with Gasteiger partial charge in [0.25, 0.3) is 5.91 Å². The van der Waals surface area contributed by atoms with Crippen molar-refractivity contribution in [3.8, 4) is 0 Å². The van der Waals surface area contributed by atoms with Gasteiger partial charge in [-0.2, -0.15) is 0 Å². The number of halogens is 2. The van der Waals surface area contributed by atoms with Crippen LogP contribution in [0.5, 0.6) is 0 Å². The summed E-state index contributed by atoms with van der Waals surface area (Å²) in [4.78, 5) is 26.1. The van der Waals surface area contributed by atoms with E-state index in [0.29, 0.717) is 36.6 Å². The van der Waals surface area contributed by atoms with Gasteiger partial charge < -0.3 is 16.0 Å². The van der Waals surface area contributed by atoms with Crippen molar-refractivity contribution < 1.29 is 9.59 Å². The number of benzene rings is 1. The summed E-state index contributed by atoms with van der Waals surface area (Å²) in [5.41, 5.74) is 5.88. The Labute approximate surface area is 148 Å². The van der Waals surface area contributed by atoms with Gasteiger partial charge in [0.05, 0.1) is 10.6 Å². The fraction of sp³-hybridized carbons (Fsp3) is 0.500. The molecule has 1 aliphatic rings. The van der Waals surface area contributed by atoms with Crippen LogP contribution in [0.1, 0.15) is 36.0 Å². The topological polar surface area (TPSA) is 75.4 Å². The lowest BCUT2D eigenvalue weighted by atomic mass is 10.0. The molecular formula is C16H23Cl2N3O2. The zero-order valence-electron chi connectivity index (χ0n) is 13.0. The predicted octanol–water partition coefficient (Wildman–Crippen LogP) is 2.22. The second-order valence-corrected chi connectivity index (χ2v) is 5.88. The van der Waals surface area contributed by atoms with Crippen LogP contribution in [-0.4, -0.2) is 42.4 Å². The van der Waals surface area contributed by atoms with Crippen LogP contribution < -0.4 is 11.1 Å². The van der Waals surface area contributed by atoms with E-state index in [1.54, 1.807) is 24.3 Å². The van der Waals surface area contributed by atoms with Gasteiger partial charge >= 0.3 is 0 Å². The monoisotopic (exact) mass is 359 g/mol. The zero-order chi connectivity index (χ0) is 15.9. The van der Waals surface area contributed by atoms with E-state index in [0.717, 1.165) is 19.3 Å². The van der Waals surface area contributed by atoms with Gasteiger partial charge in [0.15, 0.2) is 0 Å². The molecule has 7 heteroatoms. The summed E-state index contributed by atoms with van der Waals surface area (Å²) in [6, 6.07) is 7.08. The van der Waals surface area contributed by atoms with Gasteiger partial charge in [0.2, 0.25) is 5.91 Å². The minimum atomic E-state index is -0.0711. The minimum absolute atomic E-state index is 0. The normalized spacial score (nSPS) is 17.3. The van der Waals surface area contributed by atoms with Gasteiger partial charge in [-0.1, -0.05) is 23.7 Å². The predicted molar refractivity (Wildman–Crippen MR) is 94.1 cm³/mol. The smallest absolute Gasteiger partial charge is 0.255 e. The molecule has 0 spiro atoms. The highest BCUT2D eigenvalue weighted by Gasteiger charge is 2.28. The van der Waals surface area contributed by atoms with E-state index in [1.807, 2.05) is 4.90 Å². The largest absolute Gasteiger partial charge is 0.354 e. The summed E-state index contributed by atoms with van der Waals surface area (Å²) in [6.07, 6.45) is 3.23. The summed E-state index contributed by atoms with van der Waals surface area (Å²) in [5.74, 6) is -0.137. The molecule has 3 N–H and O–H groups in total. The quantitative estimate of drug-likeness (QED) is 0.846. The van der Waals surface area contributed by atoms with Crippen LogP contribution in [0.4, 0.5) is 0 Å². The lowest BCUT2D eigenvalue weighted by molar-refractivity contribution is -0.121. The average molecular weight is 360 g/mol. The zero-order valence-corrected chi connectivity index (χ0v) is 14.5. The van der Waals surface area contributed by atoms with Gasteiger partial charge in [-0.3, -0.25) is 9.59 Å². The number of carbonyl (C=O) groups is 2. The van der Waals surface area contributed by atoms with Crippen molar-refractivity contribution in [2.75, 3.05) is 19.6 Å². The molecule has 2 rings (SSSR count). The van der Waals surface area contributed by atoms with Crippen LogP contribution in [0.15, 0.2) is 24.3 Å². The van der Waals surface area contributed by atoms with Gasteiger partial charge in [-0.25, -0.2) is 0 Å². The molecule has 1 heterocycles. The Balaban J connectivity index is 0.00000264. The van der Waals surface area contributed by atoms with E-state index in [-0.39, 0.29) is 30.3 Å². The molecule has 128 valence electrons. The first-order chi connectivity index (χ1) is 10.6. The molecule has 1 saturated heterocycles. The maximum Gasteiger partial charge on any atom is 0.255 e. The molecule has 0 radical (unpaired) electrons. The van der Waals surface area contributed by atoms with E-state index in [4.69, 9.17) is 17.3 Å². The number of nitrogens with one attached hydrogen (secondary N) is 1. The van der Waals surface area contributed by atoms with Crippen LogP contribution in [-0.2, 0) is 4.79 Å². The van der Waals surface area contributed by atoms with Crippen LogP contribution in [0.3, 0.4) is 0 Å². The lowest BCUT2D eigenvalue weighted by Gasteiger charge is -2.36. The Morgan fingerprint density at radius 2 is 2.04 bits per heavy atom. The lowest BCUT2D eigenvalue weighted by Crippen LogP contribution is -2.49. The first kappa shape index (κ1) is 19.7. The van der Waals surface area contributed by atoms with Crippen molar-refractivity contribution in [2.24, 2.45) is 5.73 Å². The first-order valence-corrected chi connectivity index (χ1v) is 8.03. The van der Waals surface area contributed by atoms with Crippen molar-refractivity contribution in [2.45, 2.75) is 31.7 Å². The van der Waals surface area contributed by atoms with Gasteiger partial charge in [-0.15, -0.1) is 12.4 Å². The van der Waals surface area contributed by atoms with Gasteiger partial charge in [-0.05, 0) is 31.4 Å². The van der Waals surface area contributed by atoms with Crippen molar-refractivity contribution in [3.05, 3.63) is 34.9 Å². The summed E-state index contributed by atoms with van der Waals surface area (Å²) in [5, 5.41) is 3.32. The highest BCUT2D eigenvalue weighted by Crippen LogP contribution is 2.23. The van der Waals surface area contributed by atoms with Gasteiger partial charge in [0, 0.05) is 32.1 Å². The molecule has 1 unspecified atom stereocenters. The molecule has 0 aliphatic carbocycles. The fourth-order valence-electron chi connectivity index (χ4n) is 2.72. The molecule has 0 aromatic heterocycles. The molecular weight excluding hydrogens is 337 g/mol. The number of hydrogen-bond donors (Lipinski definition) is 2. The summed E-state index contributed by atoms with van der Waals surface area (Å²) in [6.45, 7) is 1.50. The minimum Gasteiger partial charge on any atom is -0.354 e. The summed E-state index contributed by atoms with van der Waals surface area (Å²) < 4.78 is 0. The van der Waals surface area contributed by atoms with Crippen molar-refractivity contribution >= 4 is 35.8 Å². The molecule has 1 fully saturated rings. The fourth-order valence-corrected chi connectivity index (χ4v) is 2.94. The molecule has 1 aromatic rings. The highest BCUT2D eigenvalue weighted by atomic mass is 35.5. The van der Waals surface area contributed by atoms with Crippen molar-refractivity contribution in [1.82, 2.24) is 10.2 Å². The number of nitrogens with zero attached hydrogens (tertiary/aromatic N) is 1. The Hall–Kier alpha value is -1.30. The van der Waals surface area contributed by atoms with Crippen LogP contribution in [0.2, 0.25) is 5.02 Å². The third kappa shape index (κ3) is 5.37. The number of likely N-dealkylation sites (tertiary alicyclic amines) is 1. The summed E-state index contributed by atoms with van der Waals surface area (Å²) in [7, 11) is 0. The number of amides is 2. The van der Waals surface area contributed by atoms with Crippen LogP contribution in [0.25, 0.3) is 0 Å². The van der Waals surface area contributed by atoms with Crippen LogP contribution in [0, 0.1) is 0 Å². The summed E-state index contributed by atoms with van der Waals surface area (Å²) >= 11 is 6.12. The Morgan fingerprint density at radius 1 is 1.30 bits per heavy atom. The van der Waals surface area contributed by atoms with Crippen molar-refractivity contribution in [3.63, 3.8) is 0 Å². The van der Waals surface area contributed by atoms with E-state index in [2.05, 4.69) is 5.32 Å². The number of piperidine rings is 1. The van der Waals surface area contributed by atoms with E-state index < -0.39 is 0 Å². The van der Waals surface area contributed by atoms with Gasteiger partial charge in [0.1, 0.15) is 0 Å². The number of nitrogens with two attached hydrogens (primary N) is 1. The van der Waals surface area contributed by atoms with E-state index >= 15 is 0 Å². The third-order valence-corrected chi connectivity index (χ3v) is 4.23. The Morgan fingerprint density at radius 3 is 2.74 bits per heavy atom. The molecule has 1 aromatic carbocycles. The Kier molecular flexibility index (Phi) is 8.37.